The van der Waals surface area contributed by atoms with Gasteiger partial charge in [0.15, 0.2) is 0 Å². The van der Waals surface area contributed by atoms with Gasteiger partial charge in [0.25, 0.3) is 0 Å². The lowest BCUT2D eigenvalue weighted by molar-refractivity contribution is -0.105. The molecule has 1 saturated heterocycles. The topological polar surface area (TPSA) is 21.7 Å². The Morgan fingerprint density at radius 2 is 1.69 bits per heavy atom. The first-order valence-electron chi connectivity index (χ1n) is 10.1. The number of nitrogens with zero attached hydrogens (tertiary/aromatic N) is 1. The fraction of sp³-hybridized carbons (Fsp3) is 0.727. The molecule has 4 heteroatoms. The van der Waals surface area contributed by atoms with E-state index in [-0.39, 0.29) is 18.0 Å². The van der Waals surface area contributed by atoms with Crippen molar-refractivity contribution in [2.24, 2.45) is 11.8 Å². The zero-order valence-corrected chi connectivity index (χ0v) is 17.5. The average molecular weight is 382 g/mol. The summed E-state index contributed by atoms with van der Waals surface area (Å²) < 4.78 is 12.4. The zero-order valence-electron chi connectivity index (χ0n) is 16.7. The molecular weight excluding hydrogens is 346 g/mol. The maximum absolute atomic E-state index is 6.72. The predicted molar refractivity (Wildman–Crippen MR) is 110 cm³/mol. The minimum atomic E-state index is -0.195. The van der Waals surface area contributed by atoms with Gasteiger partial charge >= 0.3 is 0 Å². The van der Waals surface area contributed by atoms with E-state index in [4.69, 9.17) is 9.47 Å². The third kappa shape index (κ3) is 5.15. The molecule has 0 aromatic heterocycles. The van der Waals surface area contributed by atoms with Crippen LogP contribution in [0.5, 0.6) is 5.75 Å². The summed E-state index contributed by atoms with van der Waals surface area (Å²) in [6, 6.07) is 8.47. The molecule has 26 heavy (non-hydrogen) atoms. The van der Waals surface area contributed by atoms with Gasteiger partial charge in [-0.3, -0.25) is 0 Å². The van der Waals surface area contributed by atoms with Crippen molar-refractivity contribution in [1.29, 1.82) is 0 Å². The summed E-state index contributed by atoms with van der Waals surface area (Å²) in [5.74, 6) is 2.34. The molecule has 1 aromatic carbocycles. The van der Waals surface area contributed by atoms with Gasteiger partial charge < -0.3 is 14.4 Å². The first-order chi connectivity index (χ1) is 12.1. The number of methoxy groups -OCH3 is 1. The van der Waals surface area contributed by atoms with Crippen molar-refractivity contribution in [3.8, 4) is 5.75 Å². The fourth-order valence-electron chi connectivity index (χ4n) is 5.05. The van der Waals surface area contributed by atoms with E-state index >= 15 is 0 Å². The maximum Gasteiger partial charge on any atom is 0.124 e. The molecule has 0 spiro atoms. The second-order valence-corrected chi connectivity index (χ2v) is 8.30. The van der Waals surface area contributed by atoms with Crippen LogP contribution in [0.2, 0.25) is 0 Å². The van der Waals surface area contributed by atoms with Crippen LogP contribution >= 0.6 is 12.4 Å². The van der Waals surface area contributed by atoms with Crippen molar-refractivity contribution in [2.75, 3.05) is 33.4 Å². The van der Waals surface area contributed by atoms with Crippen LogP contribution in [0.15, 0.2) is 24.3 Å². The van der Waals surface area contributed by atoms with Crippen LogP contribution < -0.4 is 4.74 Å². The van der Waals surface area contributed by atoms with Gasteiger partial charge in [-0.2, -0.15) is 0 Å². The van der Waals surface area contributed by atoms with Crippen molar-refractivity contribution in [3.05, 3.63) is 29.8 Å². The molecule has 1 saturated carbocycles. The van der Waals surface area contributed by atoms with Crippen LogP contribution in [-0.2, 0) is 10.3 Å². The Labute approximate surface area is 165 Å². The molecule has 0 radical (unpaired) electrons. The van der Waals surface area contributed by atoms with Crippen molar-refractivity contribution in [3.63, 3.8) is 0 Å². The molecule has 0 amide bonds. The van der Waals surface area contributed by atoms with Crippen LogP contribution in [0.25, 0.3) is 0 Å². The summed E-state index contributed by atoms with van der Waals surface area (Å²) in [5.41, 5.74) is 1.05. The number of likely N-dealkylation sites (tertiary alicyclic amines) is 1. The van der Waals surface area contributed by atoms with Gasteiger partial charge in [0.05, 0.1) is 19.3 Å². The Morgan fingerprint density at radius 3 is 2.35 bits per heavy atom. The first kappa shape index (κ1) is 21.5. The van der Waals surface area contributed by atoms with Crippen molar-refractivity contribution < 1.29 is 9.47 Å². The minimum Gasteiger partial charge on any atom is -0.496 e. The Kier molecular flexibility index (Phi) is 8.25. The molecule has 1 aliphatic carbocycles. The summed E-state index contributed by atoms with van der Waals surface area (Å²) in [6.07, 6.45) is 7.55. The molecule has 148 valence electrons. The number of hydrogen-bond donors (Lipinski definition) is 0. The molecule has 1 aliphatic heterocycles. The second-order valence-electron chi connectivity index (χ2n) is 8.30. The highest BCUT2D eigenvalue weighted by atomic mass is 35.5. The van der Waals surface area contributed by atoms with E-state index in [2.05, 4.69) is 43.0 Å². The SMILES string of the molecule is COc1ccccc1C1(OCCN2CCCCC2)CC(C)CC(C)C1.Cl. The third-order valence-electron chi connectivity index (χ3n) is 5.99. The van der Waals surface area contributed by atoms with Gasteiger partial charge in [-0.1, -0.05) is 38.5 Å². The highest BCUT2D eigenvalue weighted by Crippen LogP contribution is 2.48. The van der Waals surface area contributed by atoms with Crippen LogP contribution in [0, 0.1) is 11.8 Å². The summed E-state index contributed by atoms with van der Waals surface area (Å²) in [4.78, 5) is 2.56. The fourth-order valence-corrected chi connectivity index (χ4v) is 5.05. The Morgan fingerprint density at radius 1 is 1.04 bits per heavy atom. The number of piperidine rings is 1. The van der Waals surface area contributed by atoms with Crippen molar-refractivity contribution in [1.82, 2.24) is 4.90 Å². The van der Waals surface area contributed by atoms with Gasteiger partial charge in [0, 0.05) is 12.1 Å². The molecule has 0 N–H and O–H groups in total. The van der Waals surface area contributed by atoms with Crippen LogP contribution in [-0.4, -0.2) is 38.3 Å². The third-order valence-corrected chi connectivity index (χ3v) is 5.99. The molecule has 3 nitrogen and oxygen atoms in total. The minimum absolute atomic E-state index is 0. The van der Waals surface area contributed by atoms with E-state index in [1.54, 1.807) is 7.11 Å². The summed E-state index contributed by atoms with van der Waals surface area (Å²) in [7, 11) is 1.77. The normalized spacial score (nSPS) is 29.8. The van der Waals surface area contributed by atoms with E-state index in [9.17, 15) is 0 Å². The molecular formula is C22H36ClNO2. The standard InChI is InChI=1S/C22H35NO2.ClH/c1-18-15-19(2)17-22(16-18,20-9-5-6-10-21(20)24-3)25-14-13-23-11-7-4-8-12-23;/h5-6,9-10,18-19H,4,7-8,11-17H2,1-3H3;1H. The van der Waals surface area contributed by atoms with Gasteiger partial charge in [-0.25, -0.2) is 0 Å². The number of ether oxygens (including phenoxy) is 2. The predicted octanol–water partition coefficient (Wildman–Crippen LogP) is 5.27. The summed E-state index contributed by atoms with van der Waals surface area (Å²) in [5, 5.41) is 0. The number of para-hydroxylation sites is 1. The van der Waals surface area contributed by atoms with Gasteiger partial charge in [-0.15, -0.1) is 12.4 Å². The molecule has 1 heterocycles. The van der Waals surface area contributed by atoms with Crippen LogP contribution in [0.1, 0.15) is 57.9 Å². The Balaban J connectivity index is 0.00000243. The first-order valence-corrected chi connectivity index (χ1v) is 10.1. The van der Waals surface area contributed by atoms with Gasteiger partial charge in [0.1, 0.15) is 5.75 Å². The van der Waals surface area contributed by atoms with Crippen molar-refractivity contribution in [2.45, 2.75) is 58.0 Å². The molecule has 2 aliphatic rings. The highest BCUT2D eigenvalue weighted by molar-refractivity contribution is 5.85. The monoisotopic (exact) mass is 381 g/mol. The summed E-state index contributed by atoms with van der Waals surface area (Å²) >= 11 is 0. The van der Waals surface area contributed by atoms with Gasteiger partial charge in [0.2, 0.25) is 0 Å². The van der Waals surface area contributed by atoms with Gasteiger partial charge in [-0.05, 0) is 63.1 Å². The molecule has 2 unspecified atom stereocenters. The lowest BCUT2D eigenvalue weighted by Crippen LogP contribution is -2.41. The zero-order chi connectivity index (χ0) is 17.7. The van der Waals surface area contributed by atoms with E-state index in [1.165, 1.54) is 44.3 Å². The number of benzene rings is 1. The molecule has 2 fully saturated rings. The van der Waals surface area contributed by atoms with E-state index in [0.717, 1.165) is 31.7 Å². The van der Waals surface area contributed by atoms with Crippen LogP contribution in [0.4, 0.5) is 0 Å². The quantitative estimate of drug-likeness (QED) is 0.669. The molecule has 1 aromatic rings. The summed E-state index contributed by atoms with van der Waals surface area (Å²) in [6.45, 7) is 9.08. The van der Waals surface area contributed by atoms with E-state index in [0.29, 0.717) is 11.8 Å². The number of rotatable bonds is 6. The Bertz CT molecular complexity index is 535. The maximum atomic E-state index is 6.72. The molecule has 2 atom stereocenters. The van der Waals surface area contributed by atoms with E-state index < -0.39 is 0 Å². The lowest BCUT2D eigenvalue weighted by Gasteiger charge is -2.44. The number of halogens is 1. The molecule has 0 bridgehead atoms. The smallest absolute Gasteiger partial charge is 0.124 e. The largest absolute Gasteiger partial charge is 0.496 e. The Hall–Kier alpha value is -0.770. The average Bonchev–Trinajstić information content (AvgIpc) is 2.62. The molecule has 3 rings (SSSR count). The van der Waals surface area contributed by atoms with Crippen molar-refractivity contribution >= 4 is 12.4 Å². The van der Waals surface area contributed by atoms with Crippen LogP contribution in [0.3, 0.4) is 0 Å². The lowest BCUT2D eigenvalue weighted by atomic mass is 9.70. The highest BCUT2D eigenvalue weighted by Gasteiger charge is 2.42. The van der Waals surface area contributed by atoms with E-state index in [1.807, 2.05) is 0 Å². The second kappa shape index (κ2) is 9.96. The number of hydrogen-bond acceptors (Lipinski definition) is 3.